The second-order valence-electron chi connectivity index (χ2n) is 5.00. The number of rotatable bonds is 1. The second kappa shape index (κ2) is 3.95. The van der Waals surface area contributed by atoms with E-state index in [1.165, 1.54) is 0 Å². The highest BCUT2D eigenvalue weighted by molar-refractivity contribution is 5.97. The number of hydrogen-bond acceptors (Lipinski definition) is 3. The van der Waals surface area contributed by atoms with Crippen molar-refractivity contribution >= 4 is 17.3 Å². The van der Waals surface area contributed by atoms with Gasteiger partial charge in [0, 0.05) is 25.1 Å². The van der Waals surface area contributed by atoms with Gasteiger partial charge < -0.3 is 15.0 Å². The second-order valence-corrected chi connectivity index (χ2v) is 5.00. The number of nitrogens with one attached hydrogen (secondary N) is 1. The van der Waals surface area contributed by atoms with E-state index in [9.17, 15) is 4.79 Å². The Labute approximate surface area is 102 Å². The highest BCUT2D eigenvalue weighted by Crippen LogP contribution is 2.36. The molecule has 0 bridgehead atoms. The molecule has 92 valence electrons. The van der Waals surface area contributed by atoms with Crippen molar-refractivity contribution in [3.8, 4) is 5.75 Å². The molecule has 4 nitrogen and oxygen atoms in total. The van der Waals surface area contributed by atoms with E-state index < -0.39 is 0 Å². The molecule has 4 heteroatoms. The first kappa shape index (κ1) is 11.8. The summed E-state index contributed by atoms with van der Waals surface area (Å²) in [7, 11) is 1.63. The molecule has 17 heavy (non-hydrogen) atoms. The molecule has 1 aromatic rings. The molecule has 0 aliphatic carbocycles. The molecule has 1 aliphatic heterocycles. The Hall–Kier alpha value is -1.71. The fourth-order valence-electron chi connectivity index (χ4n) is 2.13. The summed E-state index contributed by atoms with van der Waals surface area (Å²) in [6, 6.07) is 5.73. The number of carbonyl (C=O) groups excluding carboxylic acids is 1. The van der Waals surface area contributed by atoms with Gasteiger partial charge in [-0.05, 0) is 26.0 Å². The molecule has 1 N–H and O–H groups in total. The number of carbonyl (C=O) groups is 1. The van der Waals surface area contributed by atoms with Crippen LogP contribution in [-0.2, 0) is 4.79 Å². The van der Waals surface area contributed by atoms with Gasteiger partial charge in [0.15, 0.2) is 0 Å². The summed E-state index contributed by atoms with van der Waals surface area (Å²) < 4.78 is 5.19. The fraction of sp³-hybridized carbons (Fsp3) is 0.462. The number of fused-ring (bicyclic) bond motifs is 1. The van der Waals surface area contributed by atoms with Gasteiger partial charge >= 0.3 is 0 Å². The zero-order chi connectivity index (χ0) is 12.6. The molecule has 2 rings (SSSR count). The Balaban J connectivity index is 2.49. The van der Waals surface area contributed by atoms with E-state index >= 15 is 0 Å². The zero-order valence-electron chi connectivity index (χ0n) is 10.7. The minimum absolute atomic E-state index is 0.0501. The maximum absolute atomic E-state index is 11.7. The first-order valence-corrected chi connectivity index (χ1v) is 5.67. The number of amides is 1. The molecule has 0 radical (unpaired) electrons. The van der Waals surface area contributed by atoms with E-state index in [0.29, 0.717) is 6.54 Å². The van der Waals surface area contributed by atoms with Gasteiger partial charge in [-0.3, -0.25) is 4.79 Å². The van der Waals surface area contributed by atoms with Crippen LogP contribution >= 0.6 is 0 Å². The third-order valence-corrected chi connectivity index (χ3v) is 2.90. The van der Waals surface area contributed by atoms with E-state index in [1.807, 2.05) is 18.2 Å². The lowest BCUT2D eigenvalue weighted by Gasteiger charge is -2.40. The molecular formula is C13H18N2O2. The highest BCUT2D eigenvalue weighted by Gasteiger charge is 2.31. The molecule has 0 unspecified atom stereocenters. The molecule has 0 spiro atoms. The van der Waals surface area contributed by atoms with Gasteiger partial charge in [0.25, 0.3) is 0 Å². The smallest absolute Gasteiger partial charge is 0.224 e. The van der Waals surface area contributed by atoms with Crippen LogP contribution in [0.15, 0.2) is 18.2 Å². The quantitative estimate of drug-likeness (QED) is 0.810. The van der Waals surface area contributed by atoms with E-state index in [0.717, 1.165) is 17.1 Å². The van der Waals surface area contributed by atoms with Crippen LogP contribution in [0.2, 0.25) is 0 Å². The molecule has 0 saturated carbocycles. The predicted molar refractivity (Wildman–Crippen MR) is 68.7 cm³/mol. The summed E-state index contributed by atoms with van der Waals surface area (Å²) in [5.41, 5.74) is 1.74. The van der Waals surface area contributed by atoms with Crippen LogP contribution < -0.4 is 15.0 Å². The summed E-state index contributed by atoms with van der Waals surface area (Å²) >= 11 is 0. The van der Waals surface area contributed by atoms with Crippen LogP contribution in [0.1, 0.15) is 20.8 Å². The Morgan fingerprint density at radius 2 is 2.18 bits per heavy atom. The van der Waals surface area contributed by atoms with Crippen LogP contribution in [0, 0.1) is 0 Å². The van der Waals surface area contributed by atoms with Crippen molar-refractivity contribution in [1.82, 2.24) is 0 Å². The summed E-state index contributed by atoms with van der Waals surface area (Å²) in [5.74, 6) is 0.811. The molecule has 1 heterocycles. The monoisotopic (exact) mass is 234 g/mol. The summed E-state index contributed by atoms with van der Waals surface area (Å²) in [4.78, 5) is 13.5. The SMILES string of the molecule is COc1ccc2c(c1)N(C(C)=O)CC(C)(C)N2. The number of methoxy groups -OCH3 is 1. The lowest BCUT2D eigenvalue weighted by atomic mass is 9.99. The van der Waals surface area contributed by atoms with E-state index in [2.05, 4.69) is 19.2 Å². The van der Waals surface area contributed by atoms with Crippen molar-refractivity contribution in [3.05, 3.63) is 18.2 Å². The van der Waals surface area contributed by atoms with Crippen molar-refractivity contribution in [1.29, 1.82) is 0 Å². The molecule has 0 atom stereocenters. The third kappa shape index (κ3) is 2.20. The predicted octanol–water partition coefficient (Wildman–Crippen LogP) is 2.25. The Bertz CT molecular complexity index is 455. The van der Waals surface area contributed by atoms with Crippen LogP contribution in [0.3, 0.4) is 0 Å². The highest BCUT2D eigenvalue weighted by atomic mass is 16.5. The van der Waals surface area contributed by atoms with Crippen molar-refractivity contribution in [2.75, 3.05) is 23.9 Å². The van der Waals surface area contributed by atoms with Crippen molar-refractivity contribution in [2.24, 2.45) is 0 Å². The maximum Gasteiger partial charge on any atom is 0.224 e. The van der Waals surface area contributed by atoms with Crippen LogP contribution in [0.4, 0.5) is 11.4 Å². The summed E-state index contributed by atoms with van der Waals surface area (Å²) in [6.07, 6.45) is 0. The number of benzene rings is 1. The van der Waals surface area contributed by atoms with Gasteiger partial charge in [0.1, 0.15) is 5.75 Å². The number of ether oxygens (including phenoxy) is 1. The van der Waals surface area contributed by atoms with Crippen molar-refractivity contribution in [2.45, 2.75) is 26.3 Å². The first-order valence-electron chi connectivity index (χ1n) is 5.67. The third-order valence-electron chi connectivity index (χ3n) is 2.90. The topological polar surface area (TPSA) is 41.6 Å². The molecule has 0 aromatic heterocycles. The minimum Gasteiger partial charge on any atom is -0.497 e. The fourth-order valence-corrected chi connectivity index (χ4v) is 2.13. The van der Waals surface area contributed by atoms with Crippen LogP contribution in [0.5, 0.6) is 5.75 Å². The van der Waals surface area contributed by atoms with Crippen molar-refractivity contribution < 1.29 is 9.53 Å². The molecule has 1 aliphatic rings. The largest absolute Gasteiger partial charge is 0.497 e. The lowest BCUT2D eigenvalue weighted by Crippen LogP contribution is -2.50. The van der Waals surface area contributed by atoms with E-state index in [-0.39, 0.29) is 11.4 Å². The molecule has 1 aromatic carbocycles. The molecule has 1 amide bonds. The number of anilines is 2. The average Bonchev–Trinajstić information content (AvgIpc) is 2.26. The maximum atomic E-state index is 11.7. The van der Waals surface area contributed by atoms with Gasteiger partial charge in [-0.25, -0.2) is 0 Å². The van der Waals surface area contributed by atoms with E-state index in [4.69, 9.17) is 4.74 Å². The molecule has 0 saturated heterocycles. The number of hydrogen-bond donors (Lipinski definition) is 1. The Morgan fingerprint density at radius 1 is 1.47 bits per heavy atom. The van der Waals surface area contributed by atoms with Gasteiger partial charge in [-0.1, -0.05) is 0 Å². The normalized spacial score (nSPS) is 17.1. The Morgan fingerprint density at radius 3 is 2.76 bits per heavy atom. The summed E-state index contributed by atoms with van der Waals surface area (Å²) in [6.45, 7) is 6.40. The Kier molecular flexibility index (Phi) is 2.73. The van der Waals surface area contributed by atoms with Gasteiger partial charge in [-0.2, -0.15) is 0 Å². The van der Waals surface area contributed by atoms with Crippen molar-refractivity contribution in [3.63, 3.8) is 0 Å². The molecule has 0 fully saturated rings. The lowest BCUT2D eigenvalue weighted by molar-refractivity contribution is -0.116. The zero-order valence-corrected chi connectivity index (χ0v) is 10.7. The molecular weight excluding hydrogens is 216 g/mol. The van der Waals surface area contributed by atoms with Crippen LogP contribution in [0.25, 0.3) is 0 Å². The van der Waals surface area contributed by atoms with Crippen LogP contribution in [-0.4, -0.2) is 25.1 Å². The summed E-state index contributed by atoms with van der Waals surface area (Å²) in [5, 5.41) is 3.42. The van der Waals surface area contributed by atoms with Gasteiger partial charge in [0.05, 0.1) is 18.5 Å². The standard InChI is InChI=1S/C13H18N2O2/c1-9(16)15-8-13(2,3)14-11-6-5-10(17-4)7-12(11)15/h5-7,14H,8H2,1-4H3. The van der Waals surface area contributed by atoms with Gasteiger partial charge in [-0.15, -0.1) is 0 Å². The first-order chi connectivity index (χ1) is 7.93. The number of nitrogens with zero attached hydrogens (tertiary/aromatic N) is 1. The average molecular weight is 234 g/mol. The van der Waals surface area contributed by atoms with Gasteiger partial charge in [0.2, 0.25) is 5.91 Å². The minimum atomic E-state index is -0.118. The van der Waals surface area contributed by atoms with E-state index in [1.54, 1.807) is 18.9 Å².